The van der Waals surface area contributed by atoms with E-state index in [0.717, 1.165) is 21.9 Å². The van der Waals surface area contributed by atoms with Crippen LogP contribution in [0, 0.1) is 12.7 Å². The first-order valence-corrected chi connectivity index (χ1v) is 11.2. The summed E-state index contributed by atoms with van der Waals surface area (Å²) >= 11 is 1.44. The molecule has 32 heavy (non-hydrogen) atoms. The molecule has 0 spiro atoms. The SMILES string of the molecule is CCN(CC(=O)NCc1ccc(F)cc1)C(=O)Cc1csc(COc2ccc(C)cc2)n1. The Bertz CT molecular complexity index is 1040. The highest BCUT2D eigenvalue weighted by Crippen LogP contribution is 2.16. The number of amides is 2. The summed E-state index contributed by atoms with van der Waals surface area (Å²) in [6, 6.07) is 13.7. The van der Waals surface area contributed by atoms with Gasteiger partial charge in [0.05, 0.1) is 18.7 Å². The van der Waals surface area contributed by atoms with Crippen LogP contribution in [0.5, 0.6) is 5.75 Å². The summed E-state index contributed by atoms with van der Waals surface area (Å²) in [6.45, 7) is 4.84. The summed E-state index contributed by atoms with van der Waals surface area (Å²) in [6.07, 6.45) is 0.125. The standard InChI is InChI=1S/C24H26FN3O3S/c1-3-28(14-22(29)26-13-18-6-8-19(25)9-7-18)24(30)12-20-16-32-23(27-20)15-31-21-10-4-17(2)5-11-21/h4-11,16H,3,12-15H2,1-2H3,(H,26,29). The molecular weight excluding hydrogens is 429 g/mol. The molecule has 0 radical (unpaired) electrons. The van der Waals surface area contributed by atoms with Crippen LogP contribution in [-0.2, 0) is 29.2 Å². The zero-order valence-electron chi connectivity index (χ0n) is 18.1. The number of likely N-dealkylation sites (N-methyl/N-ethyl adjacent to an activating group) is 1. The summed E-state index contributed by atoms with van der Waals surface area (Å²) < 4.78 is 18.7. The maximum Gasteiger partial charge on any atom is 0.239 e. The normalized spacial score (nSPS) is 10.6. The molecule has 0 fully saturated rings. The summed E-state index contributed by atoms with van der Waals surface area (Å²) in [5, 5.41) is 5.38. The van der Waals surface area contributed by atoms with E-state index in [1.54, 1.807) is 12.1 Å². The Hall–Kier alpha value is -3.26. The van der Waals surface area contributed by atoms with Gasteiger partial charge < -0.3 is 15.0 Å². The second-order valence-electron chi connectivity index (χ2n) is 7.32. The van der Waals surface area contributed by atoms with Crippen LogP contribution in [0.2, 0.25) is 0 Å². The Labute approximate surface area is 191 Å². The van der Waals surface area contributed by atoms with Crippen molar-refractivity contribution in [1.82, 2.24) is 15.2 Å². The number of halogens is 1. The Morgan fingerprint density at radius 1 is 1.12 bits per heavy atom. The lowest BCUT2D eigenvalue weighted by atomic mass is 10.2. The van der Waals surface area contributed by atoms with Crippen molar-refractivity contribution in [2.24, 2.45) is 0 Å². The Balaban J connectivity index is 1.46. The molecule has 1 N–H and O–H groups in total. The largest absolute Gasteiger partial charge is 0.486 e. The highest BCUT2D eigenvalue weighted by Gasteiger charge is 2.17. The van der Waals surface area contributed by atoms with E-state index in [1.165, 1.54) is 28.4 Å². The van der Waals surface area contributed by atoms with Gasteiger partial charge in [-0.05, 0) is 43.7 Å². The maximum atomic E-state index is 13.0. The number of aromatic nitrogens is 1. The van der Waals surface area contributed by atoms with Crippen molar-refractivity contribution in [3.8, 4) is 5.75 Å². The number of nitrogens with one attached hydrogen (secondary N) is 1. The number of nitrogens with zero attached hydrogens (tertiary/aromatic N) is 2. The van der Waals surface area contributed by atoms with Crippen LogP contribution in [0.15, 0.2) is 53.9 Å². The molecule has 2 amide bonds. The number of carbonyl (C=O) groups excluding carboxylic acids is 2. The average molecular weight is 456 g/mol. The van der Waals surface area contributed by atoms with Crippen LogP contribution in [0.25, 0.3) is 0 Å². The van der Waals surface area contributed by atoms with Gasteiger partial charge in [-0.2, -0.15) is 0 Å². The predicted molar refractivity (Wildman–Crippen MR) is 122 cm³/mol. The fourth-order valence-electron chi connectivity index (χ4n) is 2.95. The van der Waals surface area contributed by atoms with Gasteiger partial charge in [0, 0.05) is 18.5 Å². The van der Waals surface area contributed by atoms with Crippen molar-refractivity contribution in [2.45, 2.75) is 33.4 Å². The minimum absolute atomic E-state index is 0.0376. The van der Waals surface area contributed by atoms with E-state index in [-0.39, 0.29) is 37.1 Å². The van der Waals surface area contributed by atoms with Gasteiger partial charge in [-0.15, -0.1) is 11.3 Å². The van der Waals surface area contributed by atoms with Crippen molar-refractivity contribution < 1.29 is 18.7 Å². The third-order valence-electron chi connectivity index (χ3n) is 4.79. The van der Waals surface area contributed by atoms with Gasteiger partial charge in [0.2, 0.25) is 11.8 Å². The number of rotatable bonds is 10. The molecule has 0 atom stereocenters. The molecular formula is C24H26FN3O3S. The number of thiazole rings is 1. The van der Waals surface area contributed by atoms with E-state index in [9.17, 15) is 14.0 Å². The van der Waals surface area contributed by atoms with E-state index in [0.29, 0.717) is 18.8 Å². The molecule has 1 aromatic heterocycles. The fourth-order valence-corrected chi connectivity index (χ4v) is 3.66. The molecule has 8 heteroatoms. The quantitative estimate of drug-likeness (QED) is 0.504. The first kappa shape index (κ1) is 23.4. The van der Waals surface area contributed by atoms with E-state index in [2.05, 4.69) is 10.3 Å². The third kappa shape index (κ3) is 7.16. The molecule has 0 saturated heterocycles. The first-order valence-electron chi connectivity index (χ1n) is 10.3. The summed E-state index contributed by atoms with van der Waals surface area (Å²) in [5.74, 6) is 0.0118. The number of hydrogen-bond donors (Lipinski definition) is 1. The van der Waals surface area contributed by atoms with E-state index < -0.39 is 0 Å². The number of hydrogen-bond acceptors (Lipinski definition) is 5. The van der Waals surface area contributed by atoms with Crippen molar-refractivity contribution in [3.05, 3.63) is 81.6 Å². The Kier molecular flexibility index (Phi) is 8.33. The Morgan fingerprint density at radius 3 is 2.53 bits per heavy atom. The van der Waals surface area contributed by atoms with Gasteiger partial charge in [0.15, 0.2) is 0 Å². The monoisotopic (exact) mass is 455 g/mol. The first-order chi connectivity index (χ1) is 15.4. The number of benzene rings is 2. The molecule has 0 aliphatic rings. The van der Waals surface area contributed by atoms with Crippen molar-refractivity contribution in [1.29, 1.82) is 0 Å². The van der Waals surface area contributed by atoms with E-state index >= 15 is 0 Å². The lowest BCUT2D eigenvalue weighted by molar-refractivity contribution is -0.135. The Morgan fingerprint density at radius 2 is 1.84 bits per heavy atom. The molecule has 3 rings (SSSR count). The lowest BCUT2D eigenvalue weighted by Gasteiger charge is -2.20. The topological polar surface area (TPSA) is 71.5 Å². The van der Waals surface area contributed by atoms with Crippen LogP contribution in [-0.4, -0.2) is 34.8 Å². The second kappa shape index (κ2) is 11.4. The molecule has 168 valence electrons. The molecule has 0 bridgehead atoms. The van der Waals surface area contributed by atoms with Crippen molar-refractivity contribution in [3.63, 3.8) is 0 Å². The summed E-state index contributed by atoms with van der Waals surface area (Å²) in [5.41, 5.74) is 2.61. The molecule has 3 aromatic rings. The van der Waals surface area contributed by atoms with Crippen LogP contribution in [0.1, 0.15) is 28.8 Å². The fraction of sp³-hybridized carbons (Fsp3) is 0.292. The van der Waals surface area contributed by atoms with Crippen molar-refractivity contribution >= 4 is 23.2 Å². The molecule has 0 saturated carbocycles. The van der Waals surface area contributed by atoms with E-state index in [1.807, 2.05) is 43.5 Å². The number of ether oxygens (including phenoxy) is 1. The van der Waals surface area contributed by atoms with Crippen LogP contribution in [0.4, 0.5) is 4.39 Å². The van der Waals surface area contributed by atoms with Gasteiger partial charge in [0.1, 0.15) is 23.2 Å². The number of carbonyl (C=O) groups is 2. The van der Waals surface area contributed by atoms with Gasteiger partial charge in [-0.1, -0.05) is 29.8 Å². The smallest absolute Gasteiger partial charge is 0.239 e. The zero-order chi connectivity index (χ0) is 22.9. The van der Waals surface area contributed by atoms with Gasteiger partial charge >= 0.3 is 0 Å². The summed E-state index contributed by atoms with van der Waals surface area (Å²) in [4.78, 5) is 30.9. The van der Waals surface area contributed by atoms with E-state index in [4.69, 9.17) is 4.74 Å². The molecule has 6 nitrogen and oxygen atoms in total. The zero-order valence-corrected chi connectivity index (χ0v) is 19.0. The highest BCUT2D eigenvalue weighted by molar-refractivity contribution is 7.09. The van der Waals surface area contributed by atoms with Gasteiger partial charge in [-0.25, -0.2) is 9.37 Å². The third-order valence-corrected chi connectivity index (χ3v) is 5.66. The maximum absolute atomic E-state index is 13.0. The molecule has 0 unspecified atom stereocenters. The molecule has 0 aliphatic heterocycles. The summed E-state index contributed by atoms with van der Waals surface area (Å²) in [7, 11) is 0. The van der Waals surface area contributed by atoms with Gasteiger partial charge in [-0.3, -0.25) is 9.59 Å². The van der Waals surface area contributed by atoms with Crippen LogP contribution < -0.4 is 10.1 Å². The molecule has 2 aromatic carbocycles. The van der Waals surface area contributed by atoms with Crippen molar-refractivity contribution in [2.75, 3.05) is 13.1 Å². The molecule has 1 heterocycles. The minimum Gasteiger partial charge on any atom is -0.486 e. The molecule has 0 aliphatic carbocycles. The second-order valence-corrected chi connectivity index (χ2v) is 8.26. The van der Waals surface area contributed by atoms with Gasteiger partial charge in [0.25, 0.3) is 0 Å². The predicted octanol–water partition coefficient (Wildman–Crippen LogP) is 3.88. The number of aryl methyl sites for hydroxylation is 1. The average Bonchev–Trinajstić information content (AvgIpc) is 3.23. The minimum atomic E-state index is -0.324. The highest BCUT2D eigenvalue weighted by atomic mass is 32.1. The lowest BCUT2D eigenvalue weighted by Crippen LogP contribution is -2.41. The van der Waals surface area contributed by atoms with Crippen LogP contribution >= 0.6 is 11.3 Å². The van der Waals surface area contributed by atoms with Crippen LogP contribution in [0.3, 0.4) is 0 Å².